The average molecular weight is 161 g/mol. The molecule has 0 unspecified atom stereocenters. The van der Waals surface area contributed by atoms with Crippen LogP contribution >= 0.6 is 0 Å². The van der Waals surface area contributed by atoms with Crippen LogP contribution in [0.4, 0.5) is 0 Å². The van der Waals surface area contributed by atoms with Crippen molar-refractivity contribution in [1.29, 1.82) is 5.26 Å². The monoisotopic (exact) mass is 161 g/mol. The van der Waals surface area contributed by atoms with E-state index in [1.165, 1.54) is 5.57 Å². The molecule has 0 aliphatic heterocycles. The van der Waals surface area contributed by atoms with Gasteiger partial charge < -0.3 is 0 Å². The van der Waals surface area contributed by atoms with Gasteiger partial charge in [0.25, 0.3) is 0 Å². The highest BCUT2D eigenvalue weighted by Gasteiger charge is 2.18. The first-order chi connectivity index (χ1) is 5.55. The SMILES string of the molecule is C/C(C#N)=C1/C=CC(C)(C)CC1. The molecule has 0 heterocycles. The van der Waals surface area contributed by atoms with Gasteiger partial charge in [-0.05, 0) is 30.8 Å². The van der Waals surface area contributed by atoms with Crippen LogP contribution in [0.3, 0.4) is 0 Å². The van der Waals surface area contributed by atoms with E-state index in [1.54, 1.807) is 0 Å². The molecule has 0 N–H and O–H groups in total. The predicted molar refractivity (Wildman–Crippen MR) is 50.5 cm³/mol. The maximum atomic E-state index is 8.68. The van der Waals surface area contributed by atoms with Crippen LogP contribution in [-0.4, -0.2) is 0 Å². The minimum Gasteiger partial charge on any atom is -0.193 e. The fourth-order valence-electron chi connectivity index (χ4n) is 1.33. The summed E-state index contributed by atoms with van der Waals surface area (Å²) in [5.41, 5.74) is 2.39. The topological polar surface area (TPSA) is 23.8 Å². The summed E-state index contributed by atoms with van der Waals surface area (Å²) in [5, 5.41) is 8.68. The fourth-order valence-corrected chi connectivity index (χ4v) is 1.33. The van der Waals surface area contributed by atoms with Gasteiger partial charge in [0.15, 0.2) is 0 Å². The van der Waals surface area contributed by atoms with Crippen molar-refractivity contribution in [2.24, 2.45) is 5.41 Å². The number of nitriles is 1. The minimum atomic E-state index is 0.319. The van der Waals surface area contributed by atoms with Gasteiger partial charge in [0.05, 0.1) is 6.07 Å². The Morgan fingerprint density at radius 3 is 2.67 bits per heavy atom. The van der Waals surface area contributed by atoms with Crippen LogP contribution in [0, 0.1) is 16.7 Å². The molecule has 1 nitrogen and oxygen atoms in total. The first-order valence-corrected chi connectivity index (χ1v) is 4.34. The van der Waals surface area contributed by atoms with Crippen molar-refractivity contribution in [2.75, 3.05) is 0 Å². The number of nitrogens with zero attached hydrogens (tertiary/aromatic N) is 1. The van der Waals surface area contributed by atoms with Crippen LogP contribution in [0.1, 0.15) is 33.6 Å². The van der Waals surface area contributed by atoms with Crippen molar-refractivity contribution in [3.63, 3.8) is 0 Å². The highest BCUT2D eigenvalue weighted by Crippen LogP contribution is 2.32. The van der Waals surface area contributed by atoms with Gasteiger partial charge in [0.2, 0.25) is 0 Å². The number of hydrogen-bond acceptors (Lipinski definition) is 1. The molecule has 0 aromatic heterocycles. The lowest BCUT2D eigenvalue weighted by Crippen LogP contribution is -2.11. The third kappa shape index (κ3) is 1.98. The zero-order valence-electron chi connectivity index (χ0n) is 8.02. The molecule has 64 valence electrons. The van der Waals surface area contributed by atoms with Crippen molar-refractivity contribution in [1.82, 2.24) is 0 Å². The number of allylic oxidation sites excluding steroid dienone is 4. The van der Waals surface area contributed by atoms with Gasteiger partial charge in [-0.1, -0.05) is 26.0 Å². The molecule has 0 atom stereocenters. The van der Waals surface area contributed by atoms with Gasteiger partial charge >= 0.3 is 0 Å². The highest BCUT2D eigenvalue weighted by molar-refractivity contribution is 5.35. The molecule has 0 fully saturated rings. The van der Waals surface area contributed by atoms with E-state index in [2.05, 4.69) is 32.1 Å². The summed E-state index contributed by atoms with van der Waals surface area (Å²) in [6.45, 7) is 6.34. The van der Waals surface area contributed by atoms with E-state index in [1.807, 2.05) is 6.92 Å². The molecule has 0 saturated carbocycles. The summed E-state index contributed by atoms with van der Waals surface area (Å²) < 4.78 is 0. The molecule has 0 aromatic carbocycles. The molecule has 0 aromatic rings. The first kappa shape index (κ1) is 9.06. The normalized spacial score (nSPS) is 24.8. The van der Waals surface area contributed by atoms with Crippen molar-refractivity contribution in [3.05, 3.63) is 23.3 Å². The van der Waals surface area contributed by atoms with Crippen LogP contribution in [0.5, 0.6) is 0 Å². The molecule has 0 amide bonds. The smallest absolute Gasteiger partial charge is 0.0946 e. The largest absolute Gasteiger partial charge is 0.193 e. The van der Waals surface area contributed by atoms with Gasteiger partial charge in [-0.3, -0.25) is 0 Å². The Morgan fingerprint density at radius 2 is 2.25 bits per heavy atom. The quantitative estimate of drug-likeness (QED) is 0.500. The Morgan fingerprint density at radius 1 is 1.58 bits per heavy atom. The second kappa shape index (κ2) is 3.15. The number of rotatable bonds is 0. The molecular formula is C11H15N. The van der Waals surface area contributed by atoms with Gasteiger partial charge in [-0.15, -0.1) is 0 Å². The molecule has 1 aliphatic carbocycles. The molecular weight excluding hydrogens is 146 g/mol. The predicted octanol–water partition coefficient (Wildman–Crippen LogP) is 3.20. The summed E-state index contributed by atoms with van der Waals surface area (Å²) in [6.07, 6.45) is 6.50. The van der Waals surface area contributed by atoms with Crippen molar-refractivity contribution in [3.8, 4) is 6.07 Å². The average Bonchev–Trinajstić information content (AvgIpc) is 2.03. The van der Waals surface area contributed by atoms with E-state index in [0.29, 0.717) is 5.41 Å². The summed E-state index contributed by atoms with van der Waals surface area (Å²) in [7, 11) is 0. The molecule has 1 heteroatoms. The summed E-state index contributed by atoms with van der Waals surface area (Å²) in [5.74, 6) is 0. The third-order valence-corrected chi connectivity index (χ3v) is 2.42. The lowest BCUT2D eigenvalue weighted by molar-refractivity contribution is 0.427. The van der Waals surface area contributed by atoms with E-state index in [0.717, 1.165) is 18.4 Å². The first-order valence-electron chi connectivity index (χ1n) is 4.34. The molecule has 1 aliphatic rings. The number of hydrogen-bond donors (Lipinski definition) is 0. The van der Waals surface area contributed by atoms with E-state index in [4.69, 9.17) is 5.26 Å². The zero-order chi connectivity index (χ0) is 9.19. The van der Waals surface area contributed by atoms with E-state index >= 15 is 0 Å². The summed E-state index contributed by atoms with van der Waals surface area (Å²) in [6, 6.07) is 2.19. The van der Waals surface area contributed by atoms with Gasteiger partial charge in [0.1, 0.15) is 0 Å². The summed E-state index contributed by atoms with van der Waals surface area (Å²) >= 11 is 0. The van der Waals surface area contributed by atoms with Crippen LogP contribution in [0.25, 0.3) is 0 Å². The van der Waals surface area contributed by atoms with Crippen molar-refractivity contribution in [2.45, 2.75) is 33.6 Å². The van der Waals surface area contributed by atoms with Crippen molar-refractivity contribution < 1.29 is 0 Å². The Balaban J connectivity index is 2.88. The van der Waals surface area contributed by atoms with Crippen LogP contribution in [0.15, 0.2) is 23.3 Å². The van der Waals surface area contributed by atoms with E-state index < -0.39 is 0 Å². The zero-order valence-corrected chi connectivity index (χ0v) is 8.02. The molecule has 0 bridgehead atoms. The molecule has 1 rings (SSSR count). The third-order valence-electron chi connectivity index (χ3n) is 2.42. The standard InChI is InChI=1S/C11H15N/c1-9(8-12)10-4-6-11(2,3)7-5-10/h4,6H,5,7H2,1-3H3/b10-9+. The van der Waals surface area contributed by atoms with Crippen molar-refractivity contribution >= 4 is 0 Å². The molecule has 0 saturated heterocycles. The van der Waals surface area contributed by atoms with Gasteiger partial charge in [-0.25, -0.2) is 0 Å². The van der Waals surface area contributed by atoms with Crippen LogP contribution < -0.4 is 0 Å². The minimum absolute atomic E-state index is 0.319. The van der Waals surface area contributed by atoms with E-state index in [-0.39, 0.29) is 0 Å². The second-order valence-electron chi connectivity index (χ2n) is 4.08. The van der Waals surface area contributed by atoms with Gasteiger partial charge in [-0.2, -0.15) is 5.26 Å². The fraction of sp³-hybridized carbons (Fsp3) is 0.545. The van der Waals surface area contributed by atoms with Gasteiger partial charge in [0, 0.05) is 5.57 Å². The molecule has 0 spiro atoms. The highest BCUT2D eigenvalue weighted by atomic mass is 14.3. The van der Waals surface area contributed by atoms with E-state index in [9.17, 15) is 0 Å². The Hall–Kier alpha value is -1.03. The summed E-state index contributed by atoms with van der Waals surface area (Å²) in [4.78, 5) is 0. The molecule has 12 heavy (non-hydrogen) atoms. The maximum Gasteiger partial charge on any atom is 0.0946 e. The second-order valence-corrected chi connectivity index (χ2v) is 4.08. The lowest BCUT2D eigenvalue weighted by atomic mass is 9.80. The van der Waals surface area contributed by atoms with Crippen LogP contribution in [-0.2, 0) is 0 Å². The van der Waals surface area contributed by atoms with Crippen LogP contribution in [0.2, 0.25) is 0 Å². The Labute approximate surface area is 74.4 Å². The maximum absolute atomic E-state index is 8.68. The lowest BCUT2D eigenvalue weighted by Gasteiger charge is -2.25. The molecule has 0 radical (unpaired) electrons. The Kier molecular flexibility index (Phi) is 2.38. The Bertz CT molecular complexity index is 274.